The molecule has 1 rings (SSSR count). The summed E-state index contributed by atoms with van der Waals surface area (Å²) in [5, 5.41) is 1.07. The molecule has 1 aromatic rings. The molecule has 0 aromatic heterocycles. The molecule has 0 amide bonds. The Kier molecular flexibility index (Phi) is 4.60. The van der Waals surface area contributed by atoms with Crippen LogP contribution in [0.1, 0.15) is 25.8 Å². The minimum Gasteiger partial charge on any atom is -0.205 e. The van der Waals surface area contributed by atoms with Crippen LogP contribution in [0.15, 0.2) is 18.2 Å². The van der Waals surface area contributed by atoms with Crippen molar-refractivity contribution < 1.29 is 4.39 Å². The van der Waals surface area contributed by atoms with Crippen molar-refractivity contribution in [2.45, 2.75) is 26.7 Å². The van der Waals surface area contributed by atoms with Crippen LogP contribution in [-0.4, -0.2) is 5.33 Å². The summed E-state index contributed by atoms with van der Waals surface area (Å²) < 4.78 is 13.7. The molecule has 0 nitrogen and oxygen atoms in total. The highest BCUT2D eigenvalue weighted by Crippen LogP contribution is 2.31. The van der Waals surface area contributed by atoms with Crippen molar-refractivity contribution in [2.24, 2.45) is 5.41 Å². The Hall–Kier alpha value is -0.0800. The Labute approximate surface area is 104 Å². The number of rotatable bonds is 4. The Morgan fingerprint density at radius 2 is 2.13 bits per heavy atom. The molecule has 1 unspecified atom stereocenters. The number of hydrogen-bond donors (Lipinski definition) is 0. The van der Waals surface area contributed by atoms with Crippen LogP contribution in [0.3, 0.4) is 0 Å². The van der Waals surface area contributed by atoms with E-state index in [0.717, 1.165) is 11.8 Å². The smallest absolute Gasteiger partial charge is 0.144 e. The zero-order chi connectivity index (χ0) is 11.5. The maximum absolute atomic E-state index is 13.7. The van der Waals surface area contributed by atoms with Gasteiger partial charge in [-0.3, -0.25) is 0 Å². The fraction of sp³-hybridized carbons (Fsp3) is 0.500. The summed E-state index contributed by atoms with van der Waals surface area (Å²) in [5.74, 6) is -0.278. The van der Waals surface area contributed by atoms with Crippen molar-refractivity contribution in [1.82, 2.24) is 0 Å². The number of halogens is 3. The highest BCUT2D eigenvalue weighted by molar-refractivity contribution is 9.09. The van der Waals surface area contributed by atoms with Gasteiger partial charge in [-0.25, -0.2) is 4.39 Å². The van der Waals surface area contributed by atoms with Crippen LogP contribution < -0.4 is 0 Å². The summed E-state index contributed by atoms with van der Waals surface area (Å²) in [7, 11) is 0. The highest BCUT2D eigenvalue weighted by atomic mass is 79.9. The summed E-state index contributed by atoms with van der Waals surface area (Å²) in [4.78, 5) is 0. The van der Waals surface area contributed by atoms with E-state index in [1.165, 1.54) is 0 Å². The van der Waals surface area contributed by atoms with Gasteiger partial charge >= 0.3 is 0 Å². The monoisotopic (exact) mass is 292 g/mol. The lowest BCUT2D eigenvalue weighted by Gasteiger charge is -2.26. The molecule has 0 spiro atoms. The van der Waals surface area contributed by atoms with E-state index in [0.29, 0.717) is 12.0 Å². The molecule has 0 fully saturated rings. The molecule has 0 aliphatic carbocycles. The average molecular weight is 294 g/mol. The molecule has 1 atom stereocenters. The van der Waals surface area contributed by atoms with E-state index in [-0.39, 0.29) is 16.3 Å². The van der Waals surface area contributed by atoms with Gasteiger partial charge < -0.3 is 0 Å². The number of alkyl halides is 1. The van der Waals surface area contributed by atoms with Gasteiger partial charge in [-0.1, -0.05) is 53.5 Å². The van der Waals surface area contributed by atoms with Crippen LogP contribution in [0.2, 0.25) is 5.02 Å². The van der Waals surface area contributed by atoms with Gasteiger partial charge in [0.2, 0.25) is 0 Å². The Balaban J connectivity index is 2.94. The topological polar surface area (TPSA) is 0 Å². The third-order valence-corrected chi connectivity index (χ3v) is 4.47. The molecule has 0 radical (unpaired) electrons. The summed E-state index contributed by atoms with van der Waals surface area (Å²) in [6.45, 7) is 4.26. The van der Waals surface area contributed by atoms with Crippen molar-refractivity contribution in [3.8, 4) is 0 Å². The molecule has 3 heteroatoms. The lowest BCUT2D eigenvalue weighted by molar-refractivity contribution is 0.355. The quantitative estimate of drug-likeness (QED) is 0.697. The second kappa shape index (κ2) is 5.31. The maximum Gasteiger partial charge on any atom is 0.144 e. The Morgan fingerprint density at radius 3 is 2.67 bits per heavy atom. The van der Waals surface area contributed by atoms with Crippen molar-refractivity contribution in [3.05, 3.63) is 34.6 Å². The summed E-state index contributed by atoms with van der Waals surface area (Å²) in [6.07, 6.45) is 1.71. The molecule has 0 bridgehead atoms. The Bertz CT molecular complexity index is 334. The summed E-state index contributed by atoms with van der Waals surface area (Å²) in [6, 6.07) is 5.18. The lowest BCUT2D eigenvalue weighted by Crippen LogP contribution is -2.21. The predicted molar refractivity (Wildman–Crippen MR) is 67.3 cm³/mol. The number of benzene rings is 1. The van der Waals surface area contributed by atoms with Crippen LogP contribution in [0.4, 0.5) is 4.39 Å². The van der Waals surface area contributed by atoms with Gasteiger partial charge in [-0.05, 0) is 29.9 Å². The maximum atomic E-state index is 13.7. The van der Waals surface area contributed by atoms with Crippen LogP contribution in [0.25, 0.3) is 0 Å². The second-order valence-corrected chi connectivity index (χ2v) is 5.16. The van der Waals surface area contributed by atoms with E-state index in [1.54, 1.807) is 18.2 Å². The molecule has 1 aromatic carbocycles. The Morgan fingerprint density at radius 1 is 1.47 bits per heavy atom. The summed E-state index contributed by atoms with van der Waals surface area (Å²) in [5.41, 5.74) is 0.789. The van der Waals surface area contributed by atoms with Crippen LogP contribution >= 0.6 is 27.5 Å². The molecular weight excluding hydrogens is 278 g/mol. The van der Waals surface area contributed by atoms with Gasteiger partial charge in [0.05, 0.1) is 5.02 Å². The van der Waals surface area contributed by atoms with Crippen molar-refractivity contribution in [1.29, 1.82) is 0 Å². The largest absolute Gasteiger partial charge is 0.205 e. The molecule has 15 heavy (non-hydrogen) atoms. The fourth-order valence-electron chi connectivity index (χ4n) is 1.41. The van der Waals surface area contributed by atoms with Gasteiger partial charge in [-0.15, -0.1) is 0 Å². The summed E-state index contributed by atoms with van der Waals surface area (Å²) >= 11 is 9.22. The van der Waals surface area contributed by atoms with Gasteiger partial charge in [0.1, 0.15) is 5.82 Å². The lowest BCUT2D eigenvalue weighted by atomic mass is 9.83. The first-order valence-electron chi connectivity index (χ1n) is 5.01. The van der Waals surface area contributed by atoms with Gasteiger partial charge in [0, 0.05) is 5.33 Å². The van der Waals surface area contributed by atoms with Crippen molar-refractivity contribution >= 4 is 27.5 Å². The van der Waals surface area contributed by atoms with E-state index in [4.69, 9.17) is 11.6 Å². The van der Waals surface area contributed by atoms with E-state index < -0.39 is 0 Å². The van der Waals surface area contributed by atoms with Crippen LogP contribution in [-0.2, 0) is 6.42 Å². The van der Waals surface area contributed by atoms with E-state index in [2.05, 4.69) is 29.8 Å². The first-order valence-corrected chi connectivity index (χ1v) is 6.51. The molecule has 0 aliphatic heterocycles. The van der Waals surface area contributed by atoms with Crippen molar-refractivity contribution in [3.63, 3.8) is 0 Å². The second-order valence-electron chi connectivity index (χ2n) is 4.19. The van der Waals surface area contributed by atoms with Crippen LogP contribution in [0, 0.1) is 11.2 Å². The van der Waals surface area contributed by atoms with Gasteiger partial charge in [0.25, 0.3) is 0 Å². The highest BCUT2D eigenvalue weighted by Gasteiger charge is 2.23. The van der Waals surface area contributed by atoms with E-state index >= 15 is 0 Å². The molecular formula is C12H15BrClF. The first-order chi connectivity index (χ1) is 7.02. The third kappa shape index (κ3) is 3.18. The molecule has 0 saturated heterocycles. The first kappa shape index (κ1) is 13.0. The molecule has 0 heterocycles. The minimum absolute atomic E-state index is 0.0888. The van der Waals surface area contributed by atoms with Gasteiger partial charge in [-0.2, -0.15) is 0 Å². The zero-order valence-corrected chi connectivity index (χ0v) is 11.3. The zero-order valence-electron chi connectivity index (χ0n) is 8.99. The third-order valence-electron chi connectivity index (χ3n) is 2.82. The van der Waals surface area contributed by atoms with Crippen LogP contribution in [0.5, 0.6) is 0 Å². The number of hydrogen-bond acceptors (Lipinski definition) is 0. The van der Waals surface area contributed by atoms with Gasteiger partial charge in [0.15, 0.2) is 0 Å². The van der Waals surface area contributed by atoms with Crippen molar-refractivity contribution in [2.75, 3.05) is 5.33 Å². The molecule has 0 N–H and O–H groups in total. The normalized spacial score (nSPS) is 15.0. The molecule has 0 saturated carbocycles. The molecule has 84 valence electrons. The predicted octanol–water partition coefficient (Wildman–Crippen LogP) is 4.83. The molecule has 0 aliphatic rings. The average Bonchev–Trinajstić information content (AvgIpc) is 2.25. The minimum atomic E-state index is -0.278. The SMILES string of the molecule is CCC(C)(CBr)Cc1cccc(Cl)c1F. The fourth-order valence-corrected chi connectivity index (χ4v) is 2.20. The van der Waals surface area contributed by atoms with E-state index in [1.807, 2.05) is 0 Å². The standard InChI is InChI=1S/C12H15BrClF/c1-3-12(2,8-13)7-9-5-4-6-10(14)11(9)15/h4-6H,3,7-8H2,1-2H3. The van der Waals surface area contributed by atoms with E-state index in [9.17, 15) is 4.39 Å².